The summed E-state index contributed by atoms with van der Waals surface area (Å²) in [6.07, 6.45) is 0. The lowest BCUT2D eigenvalue weighted by Crippen LogP contribution is -2.40. The van der Waals surface area contributed by atoms with Crippen LogP contribution < -0.4 is 11.1 Å². The molecule has 0 saturated carbocycles. The van der Waals surface area contributed by atoms with Crippen molar-refractivity contribution in [2.45, 2.75) is 4.93 Å². The van der Waals surface area contributed by atoms with Crippen LogP contribution in [0, 0.1) is 11.3 Å². The van der Waals surface area contributed by atoms with E-state index in [0.717, 1.165) is 11.8 Å². The predicted molar refractivity (Wildman–Crippen MR) is 73.7 cm³/mol. The van der Waals surface area contributed by atoms with Crippen LogP contribution >= 0.6 is 24.0 Å². The predicted octanol–water partition coefficient (Wildman–Crippen LogP) is 1.32. The molecule has 0 fully saturated rings. The van der Waals surface area contributed by atoms with Crippen LogP contribution in [0.2, 0.25) is 0 Å². The average Bonchev–Trinajstić information content (AvgIpc) is 2.63. The van der Waals surface area contributed by atoms with Gasteiger partial charge in [0.1, 0.15) is 21.8 Å². The molecule has 1 spiro atoms. The molecule has 1 aromatic carbocycles. The van der Waals surface area contributed by atoms with Crippen LogP contribution in [0.5, 0.6) is 0 Å². The van der Waals surface area contributed by atoms with E-state index < -0.39 is 10.9 Å². The molecule has 2 aliphatic heterocycles. The van der Waals surface area contributed by atoms with E-state index in [1.807, 2.05) is 6.07 Å². The molecule has 3 rings (SSSR count). The molecule has 3 N–H and O–H groups in total. The van der Waals surface area contributed by atoms with Crippen LogP contribution in [0.4, 0.5) is 0 Å². The molecule has 0 bridgehead atoms. The summed E-state index contributed by atoms with van der Waals surface area (Å²) in [5, 5.41) is 12.0. The van der Waals surface area contributed by atoms with Gasteiger partial charge in [-0.2, -0.15) is 5.26 Å². The maximum Gasteiger partial charge on any atom is 0.340 e. The maximum absolute atomic E-state index is 11.9. The maximum atomic E-state index is 11.9. The lowest BCUT2D eigenvalue weighted by molar-refractivity contribution is 0.0383. The van der Waals surface area contributed by atoms with Crippen molar-refractivity contribution in [2.75, 3.05) is 0 Å². The number of hydrogen-bond acceptors (Lipinski definition) is 6. The summed E-state index contributed by atoms with van der Waals surface area (Å²) in [6.45, 7) is 0. The summed E-state index contributed by atoms with van der Waals surface area (Å²) in [6, 6.07) is 8.92. The third-order valence-corrected chi connectivity index (χ3v) is 4.36. The van der Waals surface area contributed by atoms with Gasteiger partial charge in [-0.05, 0) is 17.8 Å². The van der Waals surface area contributed by atoms with Crippen LogP contribution in [-0.2, 0) is 9.67 Å². The number of ether oxygens (including phenoxy) is 1. The first-order valence-electron chi connectivity index (χ1n) is 5.31. The van der Waals surface area contributed by atoms with Crippen molar-refractivity contribution in [3.05, 3.63) is 46.8 Å². The Kier molecular flexibility index (Phi) is 2.52. The number of nitrogens with one attached hydrogen (secondary N) is 1. The second-order valence-electron chi connectivity index (χ2n) is 3.97. The van der Waals surface area contributed by atoms with Gasteiger partial charge >= 0.3 is 5.97 Å². The van der Waals surface area contributed by atoms with Crippen molar-refractivity contribution in [3.63, 3.8) is 0 Å². The molecule has 1 aromatic rings. The van der Waals surface area contributed by atoms with Crippen LogP contribution in [0.3, 0.4) is 0 Å². The number of thioether (sulfide) groups is 1. The Morgan fingerprint density at radius 3 is 2.95 bits per heavy atom. The van der Waals surface area contributed by atoms with Crippen LogP contribution in [0.15, 0.2) is 35.7 Å². The number of fused-ring (bicyclic) bond motifs is 2. The number of nitriles is 1. The molecule has 0 aromatic heterocycles. The Hall–Kier alpha value is -2.04. The molecule has 0 saturated heterocycles. The Bertz CT molecular complexity index is 692. The van der Waals surface area contributed by atoms with Crippen LogP contribution in [0.25, 0.3) is 0 Å². The van der Waals surface area contributed by atoms with Crippen LogP contribution in [0.1, 0.15) is 15.9 Å². The van der Waals surface area contributed by atoms with E-state index in [0.29, 0.717) is 15.4 Å². The van der Waals surface area contributed by atoms with Gasteiger partial charge in [-0.15, -0.1) is 0 Å². The number of nitrogens with zero attached hydrogens (tertiary/aromatic N) is 1. The van der Waals surface area contributed by atoms with Crippen molar-refractivity contribution < 1.29 is 9.53 Å². The van der Waals surface area contributed by atoms with E-state index in [1.54, 1.807) is 24.3 Å². The molecule has 19 heavy (non-hydrogen) atoms. The summed E-state index contributed by atoms with van der Waals surface area (Å²) < 4.78 is 5.80. The van der Waals surface area contributed by atoms with E-state index in [9.17, 15) is 10.1 Å². The highest BCUT2D eigenvalue weighted by molar-refractivity contribution is 8.23. The highest BCUT2D eigenvalue weighted by atomic mass is 32.2. The smallest absolute Gasteiger partial charge is 0.340 e. The minimum absolute atomic E-state index is 0.121. The minimum atomic E-state index is -1.26. The largest absolute Gasteiger partial charge is 0.434 e. The standard InChI is InChI=1S/C12H7N3O2S2/c13-5-8-9(14)15-11(18)19-12(8)7-4-2-1-3-6(7)10(16)17-12/h1-4H,14H2,(H,15,18). The Balaban J connectivity index is 2.31. The number of hydrogen-bond donors (Lipinski definition) is 2. The average molecular weight is 289 g/mol. The number of esters is 1. The number of benzene rings is 1. The zero-order chi connectivity index (χ0) is 13.6. The third kappa shape index (κ3) is 1.54. The third-order valence-electron chi connectivity index (χ3n) is 2.92. The van der Waals surface area contributed by atoms with Gasteiger partial charge < -0.3 is 15.8 Å². The molecule has 1 atom stereocenters. The summed E-state index contributed by atoms with van der Waals surface area (Å²) >= 11 is 6.19. The van der Waals surface area contributed by atoms with Gasteiger partial charge in [0.2, 0.25) is 4.93 Å². The number of rotatable bonds is 0. The quantitative estimate of drug-likeness (QED) is 0.550. The van der Waals surface area contributed by atoms with Crippen LogP contribution in [-0.4, -0.2) is 10.3 Å². The normalized spacial score (nSPS) is 24.8. The number of carbonyl (C=O) groups is 1. The zero-order valence-electron chi connectivity index (χ0n) is 9.47. The Labute approximate surface area is 118 Å². The van der Waals surface area contributed by atoms with Crippen molar-refractivity contribution in [1.82, 2.24) is 5.32 Å². The lowest BCUT2D eigenvalue weighted by Gasteiger charge is -2.32. The van der Waals surface area contributed by atoms with Gasteiger partial charge in [0, 0.05) is 5.56 Å². The molecular weight excluding hydrogens is 282 g/mol. The molecule has 2 heterocycles. The highest BCUT2D eigenvalue weighted by Gasteiger charge is 2.53. The molecule has 5 nitrogen and oxygen atoms in total. The van der Waals surface area contributed by atoms with Gasteiger partial charge in [-0.1, -0.05) is 30.4 Å². The first-order valence-corrected chi connectivity index (χ1v) is 6.54. The molecule has 1 unspecified atom stereocenters. The lowest BCUT2D eigenvalue weighted by atomic mass is 9.99. The number of carbonyl (C=O) groups excluding carboxylic acids is 1. The van der Waals surface area contributed by atoms with Gasteiger partial charge in [0.25, 0.3) is 0 Å². The number of thiocarbonyl (C=S) groups is 1. The first kappa shape index (κ1) is 12.0. The Morgan fingerprint density at radius 1 is 1.47 bits per heavy atom. The number of nitrogens with two attached hydrogens (primary N) is 1. The van der Waals surface area contributed by atoms with E-state index in [2.05, 4.69) is 5.32 Å². The summed E-state index contributed by atoms with van der Waals surface area (Å²) in [5.74, 6) is -0.357. The zero-order valence-corrected chi connectivity index (χ0v) is 11.1. The van der Waals surface area contributed by atoms with E-state index in [-0.39, 0.29) is 11.4 Å². The fraction of sp³-hybridized carbons (Fsp3) is 0.0833. The van der Waals surface area contributed by atoms with Gasteiger partial charge in [0.05, 0.1) is 5.56 Å². The van der Waals surface area contributed by atoms with Gasteiger partial charge in [-0.3, -0.25) is 0 Å². The molecule has 94 valence electrons. The van der Waals surface area contributed by atoms with E-state index >= 15 is 0 Å². The monoisotopic (exact) mass is 289 g/mol. The Morgan fingerprint density at radius 2 is 2.21 bits per heavy atom. The first-order chi connectivity index (χ1) is 9.08. The second-order valence-corrected chi connectivity index (χ2v) is 5.82. The van der Waals surface area contributed by atoms with E-state index in [1.165, 1.54) is 0 Å². The topological polar surface area (TPSA) is 88.1 Å². The van der Waals surface area contributed by atoms with Gasteiger partial charge in [0.15, 0.2) is 0 Å². The van der Waals surface area contributed by atoms with E-state index in [4.69, 9.17) is 22.7 Å². The van der Waals surface area contributed by atoms with Crippen molar-refractivity contribution in [3.8, 4) is 6.07 Å². The molecule has 0 radical (unpaired) electrons. The summed E-state index contributed by atoms with van der Waals surface area (Å²) in [4.78, 5) is 10.7. The minimum Gasteiger partial charge on any atom is -0.434 e. The fourth-order valence-electron chi connectivity index (χ4n) is 2.14. The molecule has 2 aliphatic rings. The van der Waals surface area contributed by atoms with Crippen molar-refractivity contribution in [1.29, 1.82) is 5.26 Å². The van der Waals surface area contributed by atoms with Gasteiger partial charge in [-0.25, -0.2) is 4.79 Å². The SMILES string of the molecule is N#CC1=C(N)NC(=S)SC12OC(=O)c1ccccc12. The molecule has 7 heteroatoms. The summed E-state index contributed by atoms with van der Waals surface area (Å²) in [5.41, 5.74) is 6.98. The molecular formula is C12H7N3O2S2. The molecule has 0 amide bonds. The molecule has 0 aliphatic carbocycles. The second kappa shape index (κ2) is 3.98. The summed E-state index contributed by atoms with van der Waals surface area (Å²) in [7, 11) is 0. The highest BCUT2D eigenvalue weighted by Crippen LogP contribution is 2.52. The van der Waals surface area contributed by atoms with Crippen molar-refractivity contribution >= 4 is 34.3 Å². The fourth-order valence-corrected chi connectivity index (χ4v) is 3.69. The van der Waals surface area contributed by atoms with Crippen molar-refractivity contribution in [2.24, 2.45) is 5.73 Å².